The number of hydrogen-bond acceptors (Lipinski definition) is 4. The van der Waals surface area contributed by atoms with Gasteiger partial charge < -0.3 is 9.84 Å². The van der Waals surface area contributed by atoms with E-state index in [1.165, 1.54) is 0 Å². The molecule has 1 unspecified atom stereocenters. The summed E-state index contributed by atoms with van der Waals surface area (Å²) in [5, 5.41) is 11.9. The molecule has 2 rings (SSSR count). The predicted molar refractivity (Wildman–Crippen MR) is 84.0 cm³/mol. The molecule has 0 radical (unpaired) electrons. The summed E-state index contributed by atoms with van der Waals surface area (Å²) in [4.78, 5) is 21.6. The summed E-state index contributed by atoms with van der Waals surface area (Å²) in [6.45, 7) is 1.70. The highest BCUT2D eigenvalue weighted by Crippen LogP contribution is 2.32. The Morgan fingerprint density at radius 1 is 1.23 bits per heavy atom. The Bertz CT molecular complexity index is 697. The maximum Gasteiger partial charge on any atom is 0.307 e. The highest BCUT2D eigenvalue weighted by atomic mass is 16.5. The first kappa shape index (κ1) is 15.7. The van der Waals surface area contributed by atoms with Crippen molar-refractivity contribution in [2.24, 2.45) is 5.18 Å². The molecule has 5 nitrogen and oxygen atoms in total. The summed E-state index contributed by atoms with van der Waals surface area (Å²) in [5.41, 5.74) is 3.21. The zero-order valence-electron chi connectivity index (χ0n) is 12.4. The molecular formula is C17H17NO4. The molecule has 0 fully saturated rings. The van der Waals surface area contributed by atoms with Gasteiger partial charge in [-0.25, -0.2) is 0 Å². The molecule has 0 heterocycles. The lowest BCUT2D eigenvalue weighted by Crippen LogP contribution is -2.00. The molecule has 0 spiro atoms. The molecular weight excluding hydrogens is 282 g/mol. The van der Waals surface area contributed by atoms with Crippen molar-refractivity contribution in [3.05, 3.63) is 58.5 Å². The molecule has 0 aromatic heterocycles. The quantitative estimate of drug-likeness (QED) is 0.823. The van der Waals surface area contributed by atoms with Gasteiger partial charge in [0.25, 0.3) is 0 Å². The summed E-state index contributed by atoms with van der Waals surface area (Å²) in [6.07, 6.45) is -0.0247. The van der Waals surface area contributed by atoms with Gasteiger partial charge in [0.1, 0.15) is 11.8 Å². The Morgan fingerprint density at radius 2 is 1.95 bits per heavy atom. The van der Waals surface area contributed by atoms with Gasteiger partial charge in [-0.1, -0.05) is 35.5 Å². The Kier molecular flexibility index (Phi) is 4.88. The van der Waals surface area contributed by atoms with Gasteiger partial charge in [0.15, 0.2) is 0 Å². The lowest BCUT2D eigenvalue weighted by Gasteiger charge is -2.12. The zero-order valence-corrected chi connectivity index (χ0v) is 12.4. The van der Waals surface area contributed by atoms with E-state index in [0.29, 0.717) is 11.3 Å². The van der Waals surface area contributed by atoms with Crippen molar-refractivity contribution in [3.63, 3.8) is 0 Å². The lowest BCUT2D eigenvalue weighted by molar-refractivity contribution is -0.136. The van der Waals surface area contributed by atoms with E-state index in [0.717, 1.165) is 16.7 Å². The van der Waals surface area contributed by atoms with Crippen LogP contribution in [0.3, 0.4) is 0 Å². The van der Waals surface area contributed by atoms with Crippen LogP contribution in [0, 0.1) is 4.91 Å². The molecule has 1 atom stereocenters. The number of aliphatic carboxylic acids is 1. The van der Waals surface area contributed by atoms with Crippen molar-refractivity contribution in [3.8, 4) is 16.9 Å². The average Bonchev–Trinajstić information content (AvgIpc) is 2.53. The maximum atomic E-state index is 10.8. The van der Waals surface area contributed by atoms with Crippen LogP contribution in [0.15, 0.2) is 47.6 Å². The third kappa shape index (κ3) is 3.49. The number of methoxy groups -OCH3 is 1. The number of carbonyl (C=O) groups is 1. The summed E-state index contributed by atoms with van der Waals surface area (Å²) in [5.74, 6) is -0.260. The van der Waals surface area contributed by atoms with Gasteiger partial charge in [-0.2, -0.15) is 4.91 Å². The lowest BCUT2D eigenvalue weighted by atomic mass is 9.97. The molecule has 5 heteroatoms. The number of carboxylic acids is 1. The SMILES string of the molecule is COc1ccc(-c2cccc(CC(=O)O)c2)cc1C(C)N=O. The number of rotatable bonds is 6. The van der Waals surface area contributed by atoms with Crippen molar-refractivity contribution < 1.29 is 14.6 Å². The van der Waals surface area contributed by atoms with Gasteiger partial charge in [0.2, 0.25) is 0 Å². The van der Waals surface area contributed by atoms with E-state index in [2.05, 4.69) is 5.18 Å². The first-order valence-corrected chi connectivity index (χ1v) is 6.86. The predicted octanol–water partition coefficient (Wildman–Crippen LogP) is 3.82. The minimum absolute atomic E-state index is 0.0247. The molecule has 1 N–H and O–H groups in total. The standard InChI is InChI=1S/C17H17NO4/c1-11(18-21)15-10-14(6-7-16(15)22-2)13-5-3-4-12(8-13)9-17(19)20/h3-8,10-11H,9H2,1-2H3,(H,19,20). The first-order chi connectivity index (χ1) is 10.5. The van der Waals surface area contributed by atoms with Crippen molar-refractivity contribution in [1.82, 2.24) is 0 Å². The smallest absolute Gasteiger partial charge is 0.307 e. The number of ether oxygens (including phenoxy) is 1. The van der Waals surface area contributed by atoms with Crippen LogP contribution in [0.25, 0.3) is 11.1 Å². The molecule has 0 aliphatic carbocycles. The molecule has 0 saturated heterocycles. The third-order valence-corrected chi connectivity index (χ3v) is 3.45. The Hall–Kier alpha value is -2.69. The molecule has 2 aromatic rings. The van der Waals surface area contributed by atoms with Crippen molar-refractivity contribution in [2.75, 3.05) is 7.11 Å². The largest absolute Gasteiger partial charge is 0.496 e. The zero-order chi connectivity index (χ0) is 16.1. The Labute approximate surface area is 128 Å². The topological polar surface area (TPSA) is 76.0 Å². The van der Waals surface area contributed by atoms with E-state index in [9.17, 15) is 9.70 Å². The summed E-state index contributed by atoms with van der Waals surface area (Å²) < 4.78 is 5.26. The van der Waals surface area contributed by atoms with E-state index in [1.54, 1.807) is 26.2 Å². The highest BCUT2D eigenvalue weighted by Gasteiger charge is 2.13. The molecule has 0 saturated carbocycles. The number of nitrogens with zero attached hydrogens (tertiary/aromatic N) is 1. The van der Waals surface area contributed by atoms with E-state index >= 15 is 0 Å². The van der Waals surface area contributed by atoms with Crippen LogP contribution < -0.4 is 4.74 Å². The van der Waals surface area contributed by atoms with Crippen LogP contribution in [0.4, 0.5) is 0 Å². The van der Waals surface area contributed by atoms with Crippen molar-refractivity contribution in [2.45, 2.75) is 19.4 Å². The van der Waals surface area contributed by atoms with Gasteiger partial charge in [-0.05, 0) is 35.7 Å². The molecule has 0 aliphatic rings. The third-order valence-electron chi connectivity index (χ3n) is 3.45. The van der Waals surface area contributed by atoms with E-state index in [-0.39, 0.29) is 6.42 Å². The molecule has 0 amide bonds. The highest BCUT2D eigenvalue weighted by molar-refractivity contribution is 5.72. The van der Waals surface area contributed by atoms with Crippen LogP contribution in [0.5, 0.6) is 5.75 Å². The molecule has 0 aliphatic heterocycles. The molecule has 2 aromatic carbocycles. The van der Waals surface area contributed by atoms with Gasteiger partial charge in [-0.15, -0.1) is 0 Å². The van der Waals surface area contributed by atoms with Crippen LogP contribution in [-0.2, 0) is 11.2 Å². The second kappa shape index (κ2) is 6.85. The summed E-state index contributed by atoms with van der Waals surface area (Å²) >= 11 is 0. The minimum Gasteiger partial charge on any atom is -0.496 e. The number of nitroso groups, excluding NO2 is 1. The second-order valence-electron chi connectivity index (χ2n) is 5.01. The number of carboxylic acid groups (broad SMARTS) is 1. The van der Waals surface area contributed by atoms with Crippen LogP contribution >= 0.6 is 0 Å². The fraction of sp³-hybridized carbons (Fsp3) is 0.235. The van der Waals surface area contributed by atoms with Gasteiger partial charge >= 0.3 is 5.97 Å². The van der Waals surface area contributed by atoms with Crippen molar-refractivity contribution in [1.29, 1.82) is 0 Å². The second-order valence-corrected chi connectivity index (χ2v) is 5.01. The average molecular weight is 299 g/mol. The molecule has 114 valence electrons. The fourth-order valence-electron chi connectivity index (χ4n) is 2.33. The van der Waals surface area contributed by atoms with E-state index in [1.807, 2.05) is 30.3 Å². The molecule has 22 heavy (non-hydrogen) atoms. The monoisotopic (exact) mass is 299 g/mol. The van der Waals surface area contributed by atoms with Gasteiger partial charge in [-0.3, -0.25) is 4.79 Å². The van der Waals surface area contributed by atoms with Crippen LogP contribution in [-0.4, -0.2) is 18.2 Å². The van der Waals surface area contributed by atoms with E-state index in [4.69, 9.17) is 9.84 Å². The van der Waals surface area contributed by atoms with E-state index < -0.39 is 12.0 Å². The normalized spacial score (nSPS) is 11.7. The van der Waals surface area contributed by atoms with Crippen molar-refractivity contribution >= 4 is 5.97 Å². The fourth-order valence-corrected chi connectivity index (χ4v) is 2.33. The Morgan fingerprint density at radius 3 is 2.59 bits per heavy atom. The summed E-state index contributed by atoms with van der Waals surface area (Å²) in [7, 11) is 1.55. The minimum atomic E-state index is -0.869. The van der Waals surface area contributed by atoms with Crippen LogP contribution in [0.1, 0.15) is 24.1 Å². The van der Waals surface area contributed by atoms with Gasteiger partial charge in [0.05, 0.1) is 13.5 Å². The number of hydrogen-bond donors (Lipinski definition) is 1. The first-order valence-electron chi connectivity index (χ1n) is 6.86. The van der Waals surface area contributed by atoms with Gasteiger partial charge in [0, 0.05) is 5.56 Å². The van der Waals surface area contributed by atoms with Crippen LogP contribution in [0.2, 0.25) is 0 Å². The summed E-state index contributed by atoms with van der Waals surface area (Å²) in [6, 6.07) is 12.3. The Balaban J connectivity index is 2.44. The number of benzene rings is 2. The maximum absolute atomic E-state index is 10.8. The molecule has 0 bridgehead atoms.